The molecule has 1 spiro atoms. The summed E-state index contributed by atoms with van der Waals surface area (Å²) in [7, 11) is 0. The molecule has 6 nitrogen and oxygen atoms in total. The molecule has 2 aliphatic rings. The van der Waals surface area contributed by atoms with E-state index in [-0.39, 0.29) is 30.3 Å². The molecule has 0 aromatic heterocycles. The number of nitrogens with one attached hydrogen (secondary N) is 2. The normalized spacial score (nSPS) is 20.8. The van der Waals surface area contributed by atoms with Gasteiger partial charge in [0.05, 0.1) is 6.04 Å². The van der Waals surface area contributed by atoms with E-state index in [1.165, 1.54) is 5.56 Å². The first-order valence-corrected chi connectivity index (χ1v) is 11.3. The third-order valence-corrected chi connectivity index (χ3v) is 6.67. The van der Waals surface area contributed by atoms with E-state index in [4.69, 9.17) is 0 Å². The quantitative estimate of drug-likeness (QED) is 0.676. The van der Waals surface area contributed by atoms with Crippen molar-refractivity contribution in [2.45, 2.75) is 58.0 Å². The Morgan fingerprint density at radius 2 is 1.69 bits per heavy atom. The topological polar surface area (TPSA) is 78.5 Å². The van der Waals surface area contributed by atoms with Gasteiger partial charge in [-0.3, -0.25) is 14.5 Å². The minimum Gasteiger partial charge on any atom is -0.347 e. The molecule has 0 saturated carbocycles. The largest absolute Gasteiger partial charge is 0.347 e. The van der Waals surface area contributed by atoms with Gasteiger partial charge in [0.1, 0.15) is 12.1 Å². The van der Waals surface area contributed by atoms with Crippen LogP contribution in [0.3, 0.4) is 0 Å². The molecular formula is C26H31N3O3. The van der Waals surface area contributed by atoms with Crippen LogP contribution < -0.4 is 10.6 Å². The number of aryl methyl sites for hydroxylation is 1. The Morgan fingerprint density at radius 3 is 2.34 bits per heavy atom. The van der Waals surface area contributed by atoms with Gasteiger partial charge in [-0.2, -0.15) is 0 Å². The van der Waals surface area contributed by atoms with Crippen LogP contribution in [0.5, 0.6) is 0 Å². The summed E-state index contributed by atoms with van der Waals surface area (Å²) in [6.07, 6.45) is 1.25. The maximum absolute atomic E-state index is 13.3. The van der Waals surface area contributed by atoms with E-state index in [0.717, 1.165) is 28.0 Å². The molecule has 0 unspecified atom stereocenters. The van der Waals surface area contributed by atoms with Gasteiger partial charge in [0.15, 0.2) is 0 Å². The summed E-state index contributed by atoms with van der Waals surface area (Å²) in [6.45, 7) is 8.08. The lowest BCUT2D eigenvalue weighted by molar-refractivity contribution is -0.135. The van der Waals surface area contributed by atoms with Crippen molar-refractivity contribution in [3.63, 3.8) is 0 Å². The number of imide groups is 1. The molecule has 0 bridgehead atoms. The number of nitrogens with zero attached hydrogens (tertiary/aromatic N) is 1. The highest BCUT2D eigenvalue weighted by Gasteiger charge is 2.55. The van der Waals surface area contributed by atoms with E-state index in [2.05, 4.69) is 36.6 Å². The summed E-state index contributed by atoms with van der Waals surface area (Å²) in [5, 5.41) is 5.91. The Kier molecular flexibility index (Phi) is 5.80. The Labute approximate surface area is 189 Å². The van der Waals surface area contributed by atoms with Crippen LogP contribution in [-0.4, -0.2) is 29.3 Å². The molecule has 2 atom stereocenters. The van der Waals surface area contributed by atoms with E-state index < -0.39 is 11.6 Å². The first-order chi connectivity index (χ1) is 15.2. The van der Waals surface area contributed by atoms with Gasteiger partial charge in [0.25, 0.3) is 5.91 Å². The maximum Gasteiger partial charge on any atom is 0.325 e. The van der Waals surface area contributed by atoms with Crippen molar-refractivity contribution >= 4 is 17.8 Å². The Balaban J connectivity index is 1.48. The third kappa shape index (κ3) is 3.78. The molecule has 0 radical (unpaired) electrons. The number of carbonyl (C=O) groups excluding carboxylic acids is 3. The van der Waals surface area contributed by atoms with Crippen LogP contribution in [0.25, 0.3) is 0 Å². The summed E-state index contributed by atoms with van der Waals surface area (Å²) >= 11 is 0. The maximum atomic E-state index is 13.3. The number of urea groups is 1. The van der Waals surface area contributed by atoms with Crippen LogP contribution in [0.15, 0.2) is 48.5 Å². The van der Waals surface area contributed by atoms with Crippen molar-refractivity contribution in [2.24, 2.45) is 5.92 Å². The molecular weight excluding hydrogens is 402 g/mol. The van der Waals surface area contributed by atoms with Crippen LogP contribution in [0, 0.1) is 5.92 Å². The first-order valence-electron chi connectivity index (χ1n) is 11.3. The molecule has 4 amide bonds. The number of fused-ring (bicyclic) bond motifs is 2. The van der Waals surface area contributed by atoms with Crippen molar-refractivity contribution in [3.05, 3.63) is 70.8 Å². The molecule has 1 fully saturated rings. The molecule has 2 N–H and O–H groups in total. The second-order valence-corrected chi connectivity index (χ2v) is 9.49. The first kappa shape index (κ1) is 22.1. The summed E-state index contributed by atoms with van der Waals surface area (Å²) < 4.78 is 0. The fourth-order valence-corrected chi connectivity index (χ4v) is 4.82. The number of hydrogen-bond acceptors (Lipinski definition) is 3. The van der Waals surface area contributed by atoms with Crippen LogP contribution in [-0.2, 0) is 21.5 Å². The van der Waals surface area contributed by atoms with Gasteiger partial charge in [0.2, 0.25) is 5.91 Å². The molecule has 4 rings (SSSR count). The molecule has 32 heavy (non-hydrogen) atoms. The lowest BCUT2D eigenvalue weighted by atomic mass is 9.92. The second kappa shape index (κ2) is 8.41. The number of amides is 4. The van der Waals surface area contributed by atoms with Crippen LogP contribution in [0.2, 0.25) is 0 Å². The van der Waals surface area contributed by atoms with E-state index in [1.807, 2.05) is 50.2 Å². The minimum absolute atomic E-state index is 0.153. The summed E-state index contributed by atoms with van der Waals surface area (Å²) in [6, 6.07) is 15.2. The highest BCUT2D eigenvalue weighted by atomic mass is 16.2. The van der Waals surface area contributed by atoms with Crippen molar-refractivity contribution in [1.29, 1.82) is 0 Å². The second-order valence-electron chi connectivity index (χ2n) is 9.49. The summed E-state index contributed by atoms with van der Waals surface area (Å²) in [4.78, 5) is 40.0. The minimum atomic E-state index is -1.04. The predicted octanol–water partition coefficient (Wildman–Crippen LogP) is 4.02. The smallest absolute Gasteiger partial charge is 0.325 e. The molecule has 1 aliphatic carbocycles. The van der Waals surface area contributed by atoms with Gasteiger partial charge in [-0.25, -0.2) is 4.79 Å². The Morgan fingerprint density at radius 1 is 1.03 bits per heavy atom. The molecule has 1 saturated heterocycles. The highest BCUT2D eigenvalue weighted by molar-refractivity contribution is 6.09. The van der Waals surface area contributed by atoms with Gasteiger partial charge in [-0.1, -0.05) is 76.2 Å². The highest BCUT2D eigenvalue weighted by Crippen LogP contribution is 2.41. The fourth-order valence-electron chi connectivity index (χ4n) is 4.82. The average molecular weight is 434 g/mol. The van der Waals surface area contributed by atoms with Crippen molar-refractivity contribution in [3.8, 4) is 0 Å². The van der Waals surface area contributed by atoms with E-state index in [0.29, 0.717) is 12.3 Å². The van der Waals surface area contributed by atoms with Gasteiger partial charge >= 0.3 is 6.03 Å². The zero-order valence-electron chi connectivity index (χ0n) is 19.1. The zero-order chi connectivity index (χ0) is 23.0. The standard InChI is InChI=1S/C26H31N3O3/c1-16(2)18-9-11-20(12-10-18)23(17(3)4)27-22(30)15-29-24(31)26(28-25(29)32)14-13-19-7-5-6-8-21(19)26/h5-12,16-17,23H,13-15H2,1-4H3,(H,27,30)(H,28,32)/t23-,26-/m0/s1. The van der Waals surface area contributed by atoms with E-state index in [1.54, 1.807) is 0 Å². The van der Waals surface area contributed by atoms with E-state index in [9.17, 15) is 14.4 Å². The lowest BCUT2D eigenvalue weighted by Gasteiger charge is -2.25. The zero-order valence-corrected chi connectivity index (χ0v) is 19.1. The summed E-state index contributed by atoms with van der Waals surface area (Å²) in [5.74, 6) is -0.0997. The number of carbonyl (C=O) groups is 3. The van der Waals surface area contributed by atoms with Gasteiger partial charge < -0.3 is 10.6 Å². The van der Waals surface area contributed by atoms with Crippen LogP contribution in [0.1, 0.15) is 68.3 Å². The molecule has 2 aromatic carbocycles. The van der Waals surface area contributed by atoms with Crippen molar-refractivity contribution in [2.75, 3.05) is 6.54 Å². The molecule has 6 heteroatoms. The average Bonchev–Trinajstić information content (AvgIpc) is 3.25. The fraction of sp³-hybridized carbons (Fsp3) is 0.423. The monoisotopic (exact) mass is 433 g/mol. The molecule has 168 valence electrons. The number of benzene rings is 2. The van der Waals surface area contributed by atoms with Crippen LogP contribution in [0.4, 0.5) is 4.79 Å². The molecule has 1 heterocycles. The predicted molar refractivity (Wildman–Crippen MR) is 123 cm³/mol. The lowest BCUT2D eigenvalue weighted by Crippen LogP contribution is -2.44. The molecule has 1 aliphatic heterocycles. The Bertz CT molecular complexity index is 1040. The van der Waals surface area contributed by atoms with E-state index >= 15 is 0 Å². The molecule has 2 aromatic rings. The van der Waals surface area contributed by atoms with Gasteiger partial charge in [-0.15, -0.1) is 0 Å². The SMILES string of the molecule is CC(C)c1ccc([C@@H](NC(=O)CN2C(=O)N[C@]3(CCc4ccccc43)C2=O)C(C)C)cc1. The summed E-state index contributed by atoms with van der Waals surface area (Å²) in [5.41, 5.74) is 3.11. The van der Waals surface area contributed by atoms with Crippen LogP contribution >= 0.6 is 0 Å². The Hall–Kier alpha value is -3.15. The number of rotatable bonds is 6. The number of hydrogen-bond donors (Lipinski definition) is 2. The van der Waals surface area contributed by atoms with Gasteiger partial charge in [0, 0.05) is 0 Å². The van der Waals surface area contributed by atoms with Crippen molar-refractivity contribution in [1.82, 2.24) is 15.5 Å². The van der Waals surface area contributed by atoms with Crippen molar-refractivity contribution < 1.29 is 14.4 Å². The third-order valence-electron chi connectivity index (χ3n) is 6.67. The van der Waals surface area contributed by atoms with Gasteiger partial charge in [-0.05, 0) is 46.9 Å².